The zero-order valence-corrected chi connectivity index (χ0v) is 32.2. The largest absolute Gasteiger partial charge is 0.454 e. The van der Waals surface area contributed by atoms with E-state index in [0.29, 0.717) is 6.42 Å². The summed E-state index contributed by atoms with van der Waals surface area (Å²) in [5.41, 5.74) is 0. The molecule has 1 saturated heterocycles. The van der Waals surface area contributed by atoms with E-state index in [4.69, 9.17) is 24.7 Å². The van der Waals surface area contributed by atoms with Crippen LogP contribution in [0, 0.1) is 0 Å². The molecule has 0 bridgehead atoms. The van der Waals surface area contributed by atoms with Crippen molar-refractivity contribution >= 4 is 66.8 Å². The fourth-order valence-corrected chi connectivity index (χ4v) is 20.1. The van der Waals surface area contributed by atoms with Crippen molar-refractivity contribution in [1.82, 2.24) is 4.90 Å². The molecule has 0 aromatic carbocycles. The zero-order valence-electron chi connectivity index (χ0n) is 24.9. The lowest BCUT2D eigenvalue weighted by Crippen LogP contribution is -2.55. The summed E-state index contributed by atoms with van der Waals surface area (Å²) in [6, 6.07) is 0. The molecule has 1 rings (SSSR count). The van der Waals surface area contributed by atoms with Crippen molar-refractivity contribution in [2.75, 3.05) is 6.54 Å². The summed E-state index contributed by atoms with van der Waals surface area (Å²) < 4.78 is 38.1. The standard InChI is InChI=1S/C14H44O6Si7.C6H9NO/c1-23(2,3)15-21(16-24(4,5)6)19-27(13,14)20-22(17-25(7,8)9)18-26(10,11)12;1-2-7-5-3-4-6(7)8/h21-22H,1-14H3;2H,1,3-5H2. The Bertz CT molecular complexity index is 599. The van der Waals surface area contributed by atoms with Crippen LogP contribution in [0.25, 0.3) is 0 Å². The Balaban J connectivity index is 0.00000121. The molecule has 1 aliphatic heterocycles. The summed E-state index contributed by atoms with van der Waals surface area (Å²) in [6.45, 7) is 34.5. The van der Waals surface area contributed by atoms with Gasteiger partial charge in [-0.1, -0.05) is 6.58 Å². The molecule has 0 atom stereocenters. The maximum atomic E-state index is 10.7. The van der Waals surface area contributed by atoms with E-state index in [1.807, 2.05) is 0 Å². The summed E-state index contributed by atoms with van der Waals surface area (Å²) in [5.74, 6) is 0.208. The number of rotatable bonds is 13. The summed E-state index contributed by atoms with van der Waals surface area (Å²) in [7, 11) is -14.2. The quantitative estimate of drug-likeness (QED) is 0.260. The fourth-order valence-electron chi connectivity index (χ4n) is 2.65. The van der Waals surface area contributed by atoms with Gasteiger partial charge in [0.15, 0.2) is 33.3 Å². The molecule has 15 heteroatoms. The summed E-state index contributed by atoms with van der Waals surface area (Å²) >= 11 is 0. The first-order chi connectivity index (χ1) is 15.4. The minimum Gasteiger partial charge on any atom is -0.419 e. The second kappa shape index (κ2) is 14.0. The van der Waals surface area contributed by atoms with E-state index in [2.05, 4.69) is 98.2 Å². The highest BCUT2D eigenvalue weighted by Gasteiger charge is 2.41. The molecule has 0 unspecified atom stereocenters. The minimum atomic E-state index is -2.52. The lowest BCUT2D eigenvalue weighted by Gasteiger charge is -2.37. The van der Waals surface area contributed by atoms with Gasteiger partial charge in [-0.25, -0.2) is 0 Å². The van der Waals surface area contributed by atoms with Crippen LogP contribution >= 0.6 is 0 Å². The smallest absolute Gasteiger partial charge is 0.419 e. The third-order valence-electron chi connectivity index (χ3n) is 3.89. The van der Waals surface area contributed by atoms with Crippen LogP contribution in [0.3, 0.4) is 0 Å². The van der Waals surface area contributed by atoms with Crippen LogP contribution in [-0.4, -0.2) is 78.2 Å². The van der Waals surface area contributed by atoms with Crippen LogP contribution in [0.2, 0.25) is 91.7 Å². The molecule has 1 amide bonds. The third kappa shape index (κ3) is 20.2. The van der Waals surface area contributed by atoms with Crippen LogP contribution < -0.4 is 0 Å². The number of hydrogen-bond acceptors (Lipinski definition) is 7. The zero-order chi connectivity index (χ0) is 27.9. The summed E-state index contributed by atoms with van der Waals surface area (Å²) in [4.78, 5) is 12.3. The molecule has 0 N–H and O–H groups in total. The molecule has 0 aromatic rings. The van der Waals surface area contributed by atoms with Crippen molar-refractivity contribution < 1.29 is 29.5 Å². The fraction of sp³-hybridized carbons (Fsp3) is 0.850. The maximum Gasteiger partial charge on any atom is 0.454 e. The number of carbonyl (C=O) groups excluding carboxylic acids is 1. The van der Waals surface area contributed by atoms with Gasteiger partial charge in [0.05, 0.1) is 0 Å². The SMILES string of the molecule is C=CN1CCCC1=O.C[Si](C)(C)O[SiH](O[Si](C)(C)C)O[Si](C)(C)O[SiH](O[Si](C)(C)C)O[Si](C)(C)C. The maximum absolute atomic E-state index is 10.7. The van der Waals surface area contributed by atoms with Crippen molar-refractivity contribution in [3.05, 3.63) is 12.8 Å². The number of likely N-dealkylation sites (tertiary alicyclic amines) is 1. The minimum absolute atomic E-state index is 0.208. The van der Waals surface area contributed by atoms with Gasteiger partial charge >= 0.3 is 27.6 Å². The van der Waals surface area contributed by atoms with Crippen molar-refractivity contribution in [3.63, 3.8) is 0 Å². The van der Waals surface area contributed by atoms with Gasteiger partial charge < -0.3 is 29.6 Å². The van der Waals surface area contributed by atoms with Gasteiger partial charge in [-0.2, -0.15) is 0 Å². The van der Waals surface area contributed by atoms with Crippen molar-refractivity contribution in [2.45, 2.75) is 104 Å². The second-order valence-electron chi connectivity index (χ2n) is 13.0. The first kappa shape index (κ1) is 35.5. The van der Waals surface area contributed by atoms with E-state index in [0.717, 1.165) is 13.0 Å². The predicted molar refractivity (Wildman–Crippen MR) is 163 cm³/mol. The number of amides is 1. The number of carbonyl (C=O) groups is 1. The lowest BCUT2D eigenvalue weighted by atomic mass is 10.4. The van der Waals surface area contributed by atoms with E-state index in [-0.39, 0.29) is 5.91 Å². The molecule has 1 aliphatic rings. The average Bonchev–Trinajstić information content (AvgIpc) is 2.92. The van der Waals surface area contributed by atoms with Crippen LogP contribution in [-0.2, 0) is 29.5 Å². The van der Waals surface area contributed by atoms with E-state index in [1.165, 1.54) is 0 Å². The molecule has 0 aliphatic carbocycles. The van der Waals surface area contributed by atoms with Crippen LogP contribution in [0.5, 0.6) is 0 Å². The second-order valence-corrected chi connectivity index (χ2v) is 39.5. The molecule has 1 fully saturated rings. The molecule has 8 nitrogen and oxygen atoms in total. The topological polar surface area (TPSA) is 75.7 Å². The molecule has 0 aromatic heterocycles. The van der Waals surface area contributed by atoms with Gasteiger partial charge in [0.25, 0.3) is 0 Å². The Labute approximate surface area is 224 Å². The van der Waals surface area contributed by atoms with Gasteiger partial charge in [-0.05, 0) is 104 Å². The monoisotopic (exact) mass is 615 g/mol. The summed E-state index contributed by atoms with van der Waals surface area (Å²) in [5, 5.41) is 0. The van der Waals surface area contributed by atoms with E-state index in [9.17, 15) is 4.79 Å². The Morgan fingerprint density at radius 3 is 1.14 bits per heavy atom. The van der Waals surface area contributed by atoms with Gasteiger partial charge in [-0.3, -0.25) is 4.79 Å². The third-order valence-corrected chi connectivity index (χ3v) is 24.4. The van der Waals surface area contributed by atoms with Crippen LogP contribution in [0.1, 0.15) is 12.8 Å². The highest BCUT2D eigenvalue weighted by Crippen LogP contribution is 2.21. The van der Waals surface area contributed by atoms with Gasteiger partial charge in [0.2, 0.25) is 5.91 Å². The van der Waals surface area contributed by atoms with E-state index >= 15 is 0 Å². The Hall–Kier alpha value is 0.488. The average molecular weight is 616 g/mol. The lowest BCUT2D eigenvalue weighted by molar-refractivity contribution is -0.125. The van der Waals surface area contributed by atoms with E-state index in [1.54, 1.807) is 11.1 Å². The molecule has 35 heavy (non-hydrogen) atoms. The highest BCUT2D eigenvalue weighted by atomic mass is 28.5. The van der Waals surface area contributed by atoms with Crippen LogP contribution in [0.15, 0.2) is 12.8 Å². The Morgan fingerprint density at radius 1 is 0.657 bits per heavy atom. The Kier molecular flexibility index (Phi) is 14.2. The molecule has 0 radical (unpaired) electrons. The molecular weight excluding hydrogens is 563 g/mol. The van der Waals surface area contributed by atoms with Crippen molar-refractivity contribution in [1.29, 1.82) is 0 Å². The van der Waals surface area contributed by atoms with Gasteiger partial charge in [-0.15, -0.1) is 0 Å². The van der Waals surface area contributed by atoms with E-state index < -0.39 is 60.9 Å². The first-order valence-corrected chi connectivity index (χ1v) is 31.7. The highest BCUT2D eigenvalue weighted by molar-refractivity contribution is 6.85. The molecular formula is C20H53NO7Si7. The molecule has 0 spiro atoms. The van der Waals surface area contributed by atoms with Crippen molar-refractivity contribution in [2.24, 2.45) is 0 Å². The molecule has 1 heterocycles. The molecule has 208 valence electrons. The number of nitrogens with zero attached hydrogens (tertiary/aromatic N) is 1. The van der Waals surface area contributed by atoms with Crippen LogP contribution in [0.4, 0.5) is 0 Å². The van der Waals surface area contributed by atoms with Gasteiger partial charge in [0.1, 0.15) is 0 Å². The van der Waals surface area contributed by atoms with Gasteiger partial charge in [0, 0.05) is 13.0 Å². The summed E-state index contributed by atoms with van der Waals surface area (Å²) in [6.07, 6.45) is 3.28. The molecule has 0 saturated carbocycles. The number of hydrogen-bond donors (Lipinski definition) is 0. The first-order valence-electron chi connectivity index (χ1n) is 12.4. The van der Waals surface area contributed by atoms with Crippen molar-refractivity contribution in [3.8, 4) is 0 Å². The Morgan fingerprint density at radius 2 is 0.971 bits per heavy atom. The normalized spacial score (nSPS) is 16.1. The predicted octanol–water partition coefficient (Wildman–Crippen LogP) is 5.31.